The third-order valence-electron chi connectivity index (χ3n) is 2.67. The first-order chi connectivity index (χ1) is 10.0. The van der Waals surface area contributed by atoms with Gasteiger partial charge < -0.3 is 10.1 Å². The largest absolute Gasteiger partial charge is 0.465 e. The molecule has 110 valence electrons. The molecule has 2 aromatic rings. The molecule has 0 fully saturated rings. The summed E-state index contributed by atoms with van der Waals surface area (Å²) in [6, 6.07) is 6.74. The summed E-state index contributed by atoms with van der Waals surface area (Å²) < 4.78 is 17.8. The summed E-state index contributed by atoms with van der Waals surface area (Å²) in [5.41, 5.74) is 0.475. The lowest BCUT2D eigenvalue weighted by Gasteiger charge is -2.09. The van der Waals surface area contributed by atoms with Crippen molar-refractivity contribution in [3.05, 3.63) is 56.7 Å². The van der Waals surface area contributed by atoms with Crippen LogP contribution in [-0.2, 0) is 11.3 Å². The molecule has 0 saturated carbocycles. The Morgan fingerprint density at radius 3 is 2.81 bits per heavy atom. The number of anilines is 1. The zero-order valence-corrected chi connectivity index (χ0v) is 11.8. The van der Waals surface area contributed by atoms with E-state index in [0.29, 0.717) is 5.69 Å². The second-order valence-electron chi connectivity index (χ2n) is 4.03. The molecular weight excluding hydrogens is 299 g/mol. The maximum Gasteiger partial charge on any atom is 0.340 e. The van der Waals surface area contributed by atoms with Crippen LogP contribution < -0.4 is 5.32 Å². The van der Waals surface area contributed by atoms with Crippen molar-refractivity contribution in [2.24, 2.45) is 0 Å². The minimum absolute atomic E-state index is 0.0408. The zero-order valence-electron chi connectivity index (χ0n) is 11.0. The van der Waals surface area contributed by atoms with Crippen molar-refractivity contribution < 1.29 is 18.8 Å². The van der Waals surface area contributed by atoms with Gasteiger partial charge in [0, 0.05) is 23.2 Å². The Hall–Kier alpha value is -2.48. The van der Waals surface area contributed by atoms with Crippen LogP contribution in [0.1, 0.15) is 15.2 Å². The van der Waals surface area contributed by atoms with Gasteiger partial charge >= 0.3 is 11.0 Å². The van der Waals surface area contributed by atoms with Crippen LogP contribution in [0.2, 0.25) is 0 Å². The number of halogens is 1. The number of hydrogen-bond acceptors (Lipinski definition) is 6. The SMILES string of the molecule is COC(=O)c1cc(F)ccc1NCc1ccc([N+](=O)[O-])s1. The van der Waals surface area contributed by atoms with Crippen LogP contribution >= 0.6 is 11.3 Å². The summed E-state index contributed by atoms with van der Waals surface area (Å²) >= 11 is 1.03. The van der Waals surface area contributed by atoms with E-state index in [1.54, 1.807) is 6.07 Å². The first-order valence-corrected chi connectivity index (χ1v) is 6.67. The molecule has 0 atom stereocenters. The molecule has 0 aliphatic carbocycles. The van der Waals surface area contributed by atoms with E-state index in [9.17, 15) is 19.3 Å². The lowest BCUT2D eigenvalue weighted by molar-refractivity contribution is -0.380. The molecule has 0 saturated heterocycles. The molecule has 8 heteroatoms. The number of methoxy groups -OCH3 is 1. The highest BCUT2D eigenvalue weighted by molar-refractivity contribution is 7.15. The van der Waals surface area contributed by atoms with Crippen molar-refractivity contribution in [1.29, 1.82) is 0 Å². The van der Waals surface area contributed by atoms with Crippen LogP contribution in [0.5, 0.6) is 0 Å². The van der Waals surface area contributed by atoms with Crippen LogP contribution in [0.3, 0.4) is 0 Å². The Morgan fingerprint density at radius 1 is 1.43 bits per heavy atom. The third-order valence-corrected chi connectivity index (χ3v) is 3.70. The molecule has 21 heavy (non-hydrogen) atoms. The Balaban J connectivity index is 2.15. The van der Waals surface area contributed by atoms with E-state index in [-0.39, 0.29) is 17.1 Å². The highest BCUT2D eigenvalue weighted by Gasteiger charge is 2.14. The molecule has 0 unspecified atom stereocenters. The number of carbonyl (C=O) groups excluding carboxylic acids is 1. The Bertz CT molecular complexity index is 687. The molecule has 1 heterocycles. The average Bonchev–Trinajstić information content (AvgIpc) is 2.94. The van der Waals surface area contributed by atoms with E-state index >= 15 is 0 Å². The van der Waals surface area contributed by atoms with Crippen LogP contribution in [-0.4, -0.2) is 18.0 Å². The zero-order chi connectivity index (χ0) is 15.4. The lowest BCUT2D eigenvalue weighted by Crippen LogP contribution is -2.08. The summed E-state index contributed by atoms with van der Waals surface area (Å²) in [6.07, 6.45) is 0. The normalized spacial score (nSPS) is 10.2. The van der Waals surface area contributed by atoms with Crippen LogP contribution in [0, 0.1) is 15.9 Å². The molecule has 6 nitrogen and oxygen atoms in total. The van der Waals surface area contributed by atoms with E-state index in [4.69, 9.17) is 0 Å². The Labute approximate surface area is 123 Å². The summed E-state index contributed by atoms with van der Waals surface area (Å²) in [5.74, 6) is -1.21. The van der Waals surface area contributed by atoms with Gasteiger partial charge in [0.1, 0.15) is 5.82 Å². The highest BCUT2D eigenvalue weighted by Crippen LogP contribution is 2.25. The maximum absolute atomic E-state index is 13.2. The van der Waals surface area contributed by atoms with Gasteiger partial charge in [-0.25, -0.2) is 9.18 Å². The molecule has 0 aliphatic heterocycles. The summed E-state index contributed by atoms with van der Waals surface area (Å²) in [6.45, 7) is 0.286. The average molecular weight is 310 g/mol. The van der Waals surface area contributed by atoms with Gasteiger partial charge in [-0.15, -0.1) is 0 Å². The van der Waals surface area contributed by atoms with E-state index in [0.717, 1.165) is 22.3 Å². The number of benzene rings is 1. The molecule has 0 radical (unpaired) electrons. The van der Waals surface area contributed by atoms with Crippen LogP contribution in [0.15, 0.2) is 30.3 Å². The van der Waals surface area contributed by atoms with Crippen LogP contribution in [0.25, 0.3) is 0 Å². The summed E-state index contributed by atoms with van der Waals surface area (Å²) in [4.78, 5) is 22.4. The predicted molar refractivity (Wildman–Crippen MR) is 76.0 cm³/mol. The minimum atomic E-state index is -0.658. The maximum atomic E-state index is 13.2. The number of esters is 1. The Morgan fingerprint density at radius 2 is 2.19 bits per heavy atom. The van der Waals surface area contributed by atoms with Gasteiger partial charge in [-0.1, -0.05) is 11.3 Å². The standard InChI is InChI=1S/C13H11FN2O4S/c1-20-13(17)10-6-8(14)2-4-11(10)15-7-9-3-5-12(21-9)16(18)19/h2-6,15H,7H2,1H3. The topological polar surface area (TPSA) is 81.5 Å². The highest BCUT2D eigenvalue weighted by atomic mass is 32.1. The predicted octanol–water partition coefficient (Wildman–Crippen LogP) is 3.19. The summed E-state index contributed by atoms with van der Waals surface area (Å²) in [7, 11) is 1.21. The van der Waals surface area contributed by atoms with Gasteiger partial charge in [0.05, 0.1) is 17.6 Å². The van der Waals surface area contributed by atoms with Crippen molar-refractivity contribution in [2.75, 3.05) is 12.4 Å². The van der Waals surface area contributed by atoms with Gasteiger partial charge in [0.2, 0.25) is 0 Å². The van der Waals surface area contributed by atoms with Crippen molar-refractivity contribution in [2.45, 2.75) is 6.54 Å². The van der Waals surface area contributed by atoms with Crippen molar-refractivity contribution >= 4 is 28.0 Å². The van der Waals surface area contributed by atoms with Gasteiger partial charge in [-0.05, 0) is 24.3 Å². The molecule has 1 aromatic heterocycles. The number of nitro groups is 1. The number of nitrogens with zero attached hydrogens (tertiary/aromatic N) is 1. The molecule has 0 bridgehead atoms. The fraction of sp³-hybridized carbons (Fsp3) is 0.154. The quantitative estimate of drug-likeness (QED) is 0.521. The summed E-state index contributed by atoms with van der Waals surface area (Å²) in [5, 5.41) is 13.6. The van der Waals surface area contributed by atoms with Gasteiger partial charge in [0.25, 0.3) is 0 Å². The fourth-order valence-corrected chi connectivity index (χ4v) is 2.45. The molecule has 0 aliphatic rings. The number of ether oxygens (including phenoxy) is 1. The smallest absolute Gasteiger partial charge is 0.340 e. The van der Waals surface area contributed by atoms with Crippen molar-refractivity contribution in [1.82, 2.24) is 0 Å². The third kappa shape index (κ3) is 3.54. The number of rotatable bonds is 5. The first-order valence-electron chi connectivity index (χ1n) is 5.86. The number of thiophene rings is 1. The molecular formula is C13H11FN2O4S. The van der Waals surface area contributed by atoms with Crippen molar-refractivity contribution in [3.63, 3.8) is 0 Å². The number of hydrogen-bond donors (Lipinski definition) is 1. The molecule has 2 rings (SSSR count). The molecule has 0 amide bonds. The fourth-order valence-electron chi connectivity index (χ4n) is 1.69. The monoisotopic (exact) mass is 310 g/mol. The number of carbonyl (C=O) groups is 1. The van der Waals surface area contributed by atoms with E-state index in [2.05, 4.69) is 10.1 Å². The van der Waals surface area contributed by atoms with Crippen LogP contribution in [0.4, 0.5) is 15.1 Å². The molecule has 1 N–H and O–H groups in total. The number of nitrogens with one attached hydrogen (secondary N) is 1. The van der Waals surface area contributed by atoms with E-state index < -0.39 is 16.7 Å². The second-order valence-corrected chi connectivity index (χ2v) is 5.18. The first kappa shape index (κ1) is 14.9. The van der Waals surface area contributed by atoms with Gasteiger partial charge in [0.15, 0.2) is 0 Å². The molecule has 0 spiro atoms. The second kappa shape index (κ2) is 6.31. The molecule has 1 aromatic carbocycles. The van der Waals surface area contributed by atoms with Gasteiger partial charge in [-0.3, -0.25) is 10.1 Å². The Kier molecular flexibility index (Phi) is 4.49. The minimum Gasteiger partial charge on any atom is -0.465 e. The van der Waals surface area contributed by atoms with E-state index in [1.807, 2.05) is 0 Å². The van der Waals surface area contributed by atoms with E-state index in [1.165, 1.54) is 25.3 Å². The lowest BCUT2D eigenvalue weighted by atomic mass is 10.1. The van der Waals surface area contributed by atoms with Gasteiger partial charge in [-0.2, -0.15) is 0 Å². The van der Waals surface area contributed by atoms with Crippen molar-refractivity contribution in [3.8, 4) is 0 Å².